The first-order valence-electron chi connectivity index (χ1n) is 10.4. The van der Waals surface area contributed by atoms with E-state index in [1.807, 2.05) is 0 Å². The van der Waals surface area contributed by atoms with E-state index < -0.39 is 24.6 Å². The van der Waals surface area contributed by atoms with Crippen LogP contribution >= 0.6 is 0 Å². The molecule has 3 rings (SSSR count). The van der Waals surface area contributed by atoms with Gasteiger partial charge in [0, 0.05) is 16.9 Å². The van der Waals surface area contributed by atoms with Gasteiger partial charge in [0.15, 0.2) is 18.1 Å². The van der Waals surface area contributed by atoms with E-state index in [1.165, 1.54) is 31.4 Å². The number of methoxy groups -OCH3 is 1. The molecule has 0 saturated carbocycles. The summed E-state index contributed by atoms with van der Waals surface area (Å²) in [5.74, 6) is 0.120. The van der Waals surface area contributed by atoms with E-state index >= 15 is 0 Å². The minimum atomic E-state index is -4.39. The summed E-state index contributed by atoms with van der Waals surface area (Å²) in [6, 6.07) is 19.5. The smallest absolute Gasteiger partial charge is 0.411 e. The maximum atomic E-state index is 12.5. The average Bonchev–Trinajstić information content (AvgIpc) is 2.83. The van der Waals surface area contributed by atoms with Crippen molar-refractivity contribution in [2.24, 2.45) is 0 Å². The second-order valence-electron chi connectivity index (χ2n) is 7.33. The van der Waals surface area contributed by atoms with Crippen LogP contribution in [0.3, 0.4) is 0 Å². The van der Waals surface area contributed by atoms with Crippen LogP contribution < -0.4 is 20.1 Å². The first-order valence-corrected chi connectivity index (χ1v) is 10.4. The van der Waals surface area contributed by atoms with Crippen molar-refractivity contribution in [1.82, 2.24) is 0 Å². The van der Waals surface area contributed by atoms with Gasteiger partial charge in [0.25, 0.3) is 11.8 Å². The standard InChI is InChI=1S/C25H23F3N2O5/c1-33-21-7-2-3-8-22(21)35-15-23(31)29-19-5-4-6-20(13-19)30-24(32)18-11-9-17(10-12-18)14-34-16-25(26,27)28/h2-13H,14-16H2,1H3,(H,29,31)(H,30,32). The van der Waals surface area contributed by atoms with Crippen LogP contribution in [0.5, 0.6) is 11.5 Å². The number of halogens is 3. The summed E-state index contributed by atoms with van der Waals surface area (Å²) >= 11 is 0. The molecule has 0 bridgehead atoms. The Morgan fingerprint density at radius 3 is 2.17 bits per heavy atom. The number of anilines is 2. The van der Waals surface area contributed by atoms with Crippen molar-refractivity contribution >= 4 is 23.2 Å². The van der Waals surface area contributed by atoms with Crippen LogP contribution in [0.1, 0.15) is 15.9 Å². The number of rotatable bonds is 10. The number of carbonyl (C=O) groups is 2. The van der Waals surface area contributed by atoms with Crippen LogP contribution in [0, 0.1) is 0 Å². The van der Waals surface area contributed by atoms with Crippen LogP contribution in [0.15, 0.2) is 72.8 Å². The molecule has 0 aromatic heterocycles. The third-order valence-corrected chi connectivity index (χ3v) is 4.58. The molecule has 0 heterocycles. The van der Waals surface area contributed by atoms with Crippen LogP contribution in [0.2, 0.25) is 0 Å². The Morgan fingerprint density at radius 1 is 0.857 bits per heavy atom. The van der Waals surface area contributed by atoms with Gasteiger partial charge in [-0.05, 0) is 48.0 Å². The van der Waals surface area contributed by atoms with Crippen LogP contribution in [-0.4, -0.2) is 38.3 Å². The normalized spacial score (nSPS) is 11.0. The summed E-state index contributed by atoms with van der Waals surface area (Å²) in [4.78, 5) is 24.8. The van der Waals surface area contributed by atoms with Gasteiger partial charge in [0.2, 0.25) is 0 Å². The number of alkyl halides is 3. The van der Waals surface area contributed by atoms with Crippen molar-refractivity contribution in [2.75, 3.05) is 31.0 Å². The van der Waals surface area contributed by atoms with E-state index in [-0.39, 0.29) is 13.2 Å². The monoisotopic (exact) mass is 488 g/mol. The quantitative estimate of drug-likeness (QED) is 0.418. The van der Waals surface area contributed by atoms with E-state index in [0.29, 0.717) is 34.0 Å². The Kier molecular flexibility index (Phi) is 8.69. The van der Waals surface area contributed by atoms with E-state index in [1.54, 1.807) is 48.5 Å². The van der Waals surface area contributed by atoms with Crippen LogP contribution in [0.25, 0.3) is 0 Å². The van der Waals surface area contributed by atoms with Gasteiger partial charge in [-0.15, -0.1) is 0 Å². The molecule has 0 aliphatic carbocycles. The second-order valence-corrected chi connectivity index (χ2v) is 7.33. The molecule has 0 spiro atoms. The molecule has 184 valence electrons. The molecule has 2 amide bonds. The highest BCUT2D eigenvalue weighted by Gasteiger charge is 2.27. The molecule has 0 aliphatic heterocycles. The third-order valence-electron chi connectivity index (χ3n) is 4.58. The maximum absolute atomic E-state index is 12.5. The fourth-order valence-electron chi connectivity index (χ4n) is 2.99. The molecule has 0 radical (unpaired) electrons. The average molecular weight is 488 g/mol. The van der Waals surface area contributed by atoms with Gasteiger partial charge < -0.3 is 24.8 Å². The lowest BCUT2D eigenvalue weighted by atomic mass is 10.1. The minimum Gasteiger partial charge on any atom is -0.493 e. The van der Waals surface area contributed by atoms with Gasteiger partial charge in [-0.2, -0.15) is 13.2 Å². The number of benzene rings is 3. The molecule has 35 heavy (non-hydrogen) atoms. The first-order chi connectivity index (χ1) is 16.7. The zero-order valence-electron chi connectivity index (χ0n) is 18.7. The molecule has 0 unspecified atom stereocenters. The molecule has 0 aliphatic rings. The number of amides is 2. The minimum absolute atomic E-state index is 0.218. The molecule has 7 nitrogen and oxygen atoms in total. The second kappa shape index (κ2) is 11.9. The summed E-state index contributed by atoms with van der Waals surface area (Å²) in [6.45, 7) is -1.80. The van der Waals surface area contributed by atoms with Crippen molar-refractivity contribution < 1.29 is 37.0 Å². The highest BCUT2D eigenvalue weighted by Crippen LogP contribution is 2.25. The molecule has 10 heteroatoms. The number of ether oxygens (including phenoxy) is 3. The van der Waals surface area contributed by atoms with Gasteiger partial charge >= 0.3 is 6.18 Å². The summed E-state index contributed by atoms with van der Waals surface area (Å²) in [6.07, 6.45) is -4.39. The molecular weight excluding hydrogens is 465 g/mol. The number of carbonyl (C=O) groups excluding carboxylic acids is 2. The van der Waals surface area contributed by atoms with Gasteiger partial charge in [-0.3, -0.25) is 9.59 Å². The summed E-state index contributed by atoms with van der Waals surface area (Å²) < 4.78 is 51.8. The Morgan fingerprint density at radius 2 is 1.51 bits per heavy atom. The zero-order valence-corrected chi connectivity index (χ0v) is 18.7. The van der Waals surface area contributed by atoms with Gasteiger partial charge in [-0.1, -0.05) is 30.3 Å². The molecule has 0 fully saturated rings. The molecule has 2 N–H and O–H groups in total. The Labute approximate surface area is 199 Å². The molecule has 0 saturated heterocycles. The van der Waals surface area contributed by atoms with Gasteiger partial charge in [0.05, 0.1) is 13.7 Å². The lowest BCUT2D eigenvalue weighted by Crippen LogP contribution is -2.20. The number of nitrogens with one attached hydrogen (secondary N) is 2. The van der Waals surface area contributed by atoms with Crippen molar-refractivity contribution in [3.05, 3.63) is 83.9 Å². The fourth-order valence-corrected chi connectivity index (χ4v) is 2.99. The lowest BCUT2D eigenvalue weighted by Gasteiger charge is -2.11. The molecule has 3 aromatic carbocycles. The van der Waals surface area contributed by atoms with Crippen LogP contribution in [-0.2, 0) is 16.1 Å². The fraction of sp³-hybridized carbons (Fsp3) is 0.200. The van der Waals surface area contributed by atoms with Crippen molar-refractivity contribution in [2.45, 2.75) is 12.8 Å². The summed E-state index contributed by atoms with van der Waals surface area (Å²) in [7, 11) is 1.50. The van der Waals surface area contributed by atoms with E-state index in [2.05, 4.69) is 15.4 Å². The highest BCUT2D eigenvalue weighted by atomic mass is 19.4. The predicted molar refractivity (Wildman–Crippen MR) is 124 cm³/mol. The molecule has 3 aromatic rings. The Bertz CT molecular complexity index is 1150. The highest BCUT2D eigenvalue weighted by molar-refractivity contribution is 6.04. The number of para-hydroxylation sites is 2. The van der Waals surface area contributed by atoms with Gasteiger partial charge in [0.1, 0.15) is 6.61 Å². The predicted octanol–water partition coefficient (Wildman–Crippen LogP) is 5.04. The maximum Gasteiger partial charge on any atom is 0.411 e. The van der Waals surface area contributed by atoms with Gasteiger partial charge in [-0.25, -0.2) is 0 Å². The molecule has 0 atom stereocenters. The Balaban J connectivity index is 1.52. The van der Waals surface area contributed by atoms with Crippen molar-refractivity contribution in [1.29, 1.82) is 0 Å². The van der Waals surface area contributed by atoms with E-state index in [4.69, 9.17) is 9.47 Å². The SMILES string of the molecule is COc1ccccc1OCC(=O)Nc1cccc(NC(=O)c2ccc(COCC(F)(F)F)cc2)c1. The number of hydrogen-bond donors (Lipinski definition) is 2. The topological polar surface area (TPSA) is 85.9 Å². The van der Waals surface area contributed by atoms with Crippen LogP contribution in [0.4, 0.5) is 24.5 Å². The Hall–Kier alpha value is -4.05. The van der Waals surface area contributed by atoms with Crippen molar-refractivity contribution in [3.8, 4) is 11.5 Å². The third kappa shape index (κ3) is 8.35. The zero-order chi connectivity index (χ0) is 25.3. The first kappa shape index (κ1) is 25.6. The summed E-state index contributed by atoms with van der Waals surface area (Å²) in [5.41, 5.74) is 1.71. The molecular formula is C25H23F3N2O5. The summed E-state index contributed by atoms with van der Waals surface area (Å²) in [5, 5.41) is 5.40. The largest absolute Gasteiger partial charge is 0.493 e. The lowest BCUT2D eigenvalue weighted by molar-refractivity contribution is -0.176. The van der Waals surface area contributed by atoms with E-state index in [0.717, 1.165) is 0 Å². The van der Waals surface area contributed by atoms with E-state index in [9.17, 15) is 22.8 Å². The number of hydrogen-bond acceptors (Lipinski definition) is 5. The van der Waals surface area contributed by atoms with Crippen molar-refractivity contribution in [3.63, 3.8) is 0 Å².